The lowest BCUT2D eigenvalue weighted by Crippen LogP contribution is -2.41. The van der Waals surface area contributed by atoms with Crippen molar-refractivity contribution in [2.45, 2.75) is 104 Å². The van der Waals surface area contributed by atoms with Crippen LogP contribution in [0.4, 0.5) is 10.5 Å². The van der Waals surface area contributed by atoms with Gasteiger partial charge in [-0.1, -0.05) is 26.0 Å². The molecule has 2 aliphatic heterocycles. The highest BCUT2D eigenvalue weighted by Gasteiger charge is 2.58. The van der Waals surface area contributed by atoms with Gasteiger partial charge in [0.15, 0.2) is 0 Å². The van der Waals surface area contributed by atoms with Gasteiger partial charge in [-0.3, -0.25) is 10.1 Å². The Morgan fingerprint density at radius 1 is 1.11 bits per heavy atom. The molecule has 9 heteroatoms. The highest BCUT2D eigenvalue weighted by Crippen LogP contribution is 2.60. The van der Waals surface area contributed by atoms with E-state index < -0.39 is 30.0 Å². The summed E-state index contributed by atoms with van der Waals surface area (Å²) in [7, 11) is -0.525. The molecule has 0 aromatic heterocycles. The first-order valence-corrected chi connectivity index (χ1v) is 14.0. The monoisotopic (exact) mass is 525 g/mol. The summed E-state index contributed by atoms with van der Waals surface area (Å²) >= 11 is 0. The fourth-order valence-corrected chi connectivity index (χ4v) is 5.45. The van der Waals surface area contributed by atoms with E-state index in [1.165, 1.54) is 0 Å². The van der Waals surface area contributed by atoms with Crippen molar-refractivity contribution in [2.75, 3.05) is 13.1 Å². The Morgan fingerprint density at radius 2 is 1.71 bits per heavy atom. The van der Waals surface area contributed by atoms with Gasteiger partial charge in [0.1, 0.15) is 11.4 Å². The Balaban J connectivity index is 1.67. The van der Waals surface area contributed by atoms with Crippen molar-refractivity contribution < 1.29 is 23.6 Å². The second kappa shape index (κ2) is 10.3. The van der Waals surface area contributed by atoms with E-state index in [1.807, 2.05) is 65.5 Å². The third-order valence-electron chi connectivity index (χ3n) is 8.02. The molecule has 0 spiro atoms. The maximum absolute atomic E-state index is 13.6. The second-order valence-corrected chi connectivity index (χ2v) is 12.8. The number of carbonyl (C=O) groups excluding carboxylic acids is 2. The molecular weight excluding hydrogens is 481 g/mol. The lowest BCUT2D eigenvalue weighted by molar-refractivity contribution is -0.133. The van der Waals surface area contributed by atoms with Crippen LogP contribution in [-0.4, -0.2) is 59.7 Å². The van der Waals surface area contributed by atoms with Crippen LogP contribution in [-0.2, 0) is 18.8 Å². The van der Waals surface area contributed by atoms with Gasteiger partial charge in [-0.05, 0) is 84.3 Å². The topological polar surface area (TPSA) is 89.5 Å². The van der Waals surface area contributed by atoms with E-state index in [0.29, 0.717) is 12.3 Å². The Morgan fingerprint density at radius 3 is 2.26 bits per heavy atom. The molecule has 1 aliphatic carbocycles. The number of amides is 2. The van der Waals surface area contributed by atoms with Crippen molar-refractivity contribution >= 4 is 36.1 Å². The van der Waals surface area contributed by atoms with Gasteiger partial charge in [-0.2, -0.15) is 0 Å². The van der Waals surface area contributed by atoms with Crippen LogP contribution in [0.5, 0.6) is 0 Å². The number of aliphatic imine (C=N–C) groups is 1. The molecule has 2 amide bonds. The predicted octanol–water partition coefficient (Wildman–Crippen LogP) is 4.92. The summed E-state index contributed by atoms with van der Waals surface area (Å²) in [5.41, 5.74) is 1.09. The van der Waals surface area contributed by atoms with Crippen LogP contribution < -0.4 is 10.8 Å². The fraction of sp³-hybridized carbons (Fsp3) is 0.690. The number of fused-ring (bicyclic) bond motifs is 3. The van der Waals surface area contributed by atoms with E-state index >= 15 is 0 Å². The molecule has 1 saturated heterocycles. The van der Waals surface area contributed by atoms with Crippen LogP contribution in [0.25, 0.3) is 0 Å². The number of amidine groups is 1. The van der Waals surface area contributed by atoms with Crippen LogP contribution in [0.3, 0.4) is 0 Å². The van der Waals surface area contributed by atoms with E-state index in [2.05, 4.69) is 25.2 Å². The predicted molar refractivity (Wildman–Crippen MR) is 150 cm³/mol. The Labute approximate surface area is 228 Å². The summed E-state index contributed by atoms with van der Waals surface area (Å²) in [6.45, 7) is 19.3. The SMILES string of the molecule is CCCN(CCC)C(=O)C1C2CC(NC(=O)OC(C)(C)C)=Nc3cc(B4OC(C)(C)C(C)(C)O4)ccc3C21. The van der Waals surface area contributed by atoms with Crippen molar-refractivity contribution in [1.82, 2.24) is 10.2 Å². The quantitative estimate of drug-likeness (QED) is 0.533. The molecule has 1 aromatic carbocycles. The lowest BCUT2D eigenvalue weighted by Gasteiger charge is -2.32. The maximum Gasteiger partial charge on any atom is 0.494 e. The van der Waals surface area contributed by atoms with Gasteiger partial charge in [-0.25, -0.2) is 9.79 Å². The van der Waals surface area contributed by atoms with Crippen LogP contribution in [0, 0.1) is 11.8 Å². The maximum atomic E-state index is 13.6. The van der Waals surface area contributed by atoms with Crippen LogP contribution in [0.15, 0.2) is 23.2 Å². The molecule has 2 fully saturated rings. The average molecular weight is 525 g/mol. The van der Waals surface area contributed by atoms with Gasteiger partial charge in [0.2, 0.25) is 5.91 Å². The average Bonchev–Trinajstić information content (AvgIpc) is 3.45. The number of hydrogen-bond donors (Lipinski definition) is 1. The second-order valence-electron chi connectivity index (χ2n) is 12.8. The molecule has 1 aromatic rings. The van der Waals surface area contributed by atoms with Crippen molar-refractivity contribution in [1.29, 1.82) is 0 Å². The summed E-state index contributed by atoms with van der Waals surface area (Å²) in [4.78, 5) is 33.2. The van der Waals surface area contributed by atoms with Gasteiger partial charge in [0.05, 0.1) is 16.9 Å². The van der Waals surface area contributed by atoms with Crippen LogP contribution >= 0.6 is 0 Å². The highest BCUT2D eigenvalue weighted by atomic mass is 16.7. The van der Waals surface area contributed by atoms with E-state index in [1.54, 1.807) is 0 Å². The molecule has 3 atom stereocenters. The van der Waals surface area contributed by atoms with Crippen molar-refractivity contribution in [3.63, 3.8) is 0 Å². The Bertz CT molecular complexity index is 1090. The first-order chi connectivity index (χ1) is 17.7. The van der Waals surface area contributed by atoms with E-state index in [-0.39, 0.29) is 23.7 Å². The van der Waals surface area contributed by atoms with E-state index in [4.69, 9.17) is 19.0 Å². The van der Waals surface area contributed by atoms with Gasteiger partial charge in [-0.15, -0.1) is 0 Å². The smallest absolute Gasteiger partial charge is 0.444 e. The van der Waals surface area contributed by atoms with Crippen molar-refractivity contribution in [3.8, 4) is 0 Å². The number of benzene rings is 1. The first-order valence-electron chi connectivity index (χ1n) is 14.0. The minimum atomic E-state index is -0.626. The third kappa shape index (κ3) is 5.79. The van der Waals surface area contributed by atoms with Crippen LogP contribution in [0.1, 0.15) is 93.1 Å². The molecule has 3 unspecified atom stereocenters. The molecule has 0 bridgehead atoms. The number of alkyl carbamates (subject to hydrolysis) is 1. The summed E-state index contributed by atoms with van der Waals surface area (Å²) in [6, 6.07) is 6.06. The zero-order valence-electron chi connectivity index (χ0n) is 24.5. The molecular formula is C29H44BN3O5. The molecule has 3 aliphatic rings. The molecule has 1 N–H and O–H groups in total. The number of nitrogens with one attached hydrogen (secondary N) is 1. The molecule has 4 rings (SSSR count). The Hall–Kier alpha value is -2.39. The van der Waals surface area contributed by atoms with Crippen LogP contribution in [0.2, 0.25) is 0 Å². The summed E-state index contributed by atoms with van der Waals surface area (Å²) in [5.74, 6) is 0.731. The molecule has 1 saturated carbocycles. The molecule has 0 radical (unpaired) electrons. The molecule has 208 valence electrons. The number of hydrogen-bond acceptors (Lipinski definition) is 6. The normalized spacial score (nSPS) is 25.0. The third-order valence-corrected chi connectivity index (χ3v) is 8.02. The van der Waals surface area contributed by atoms with Gasteiger partial charge < -0.3 is 18.9 Å². The summed E-state index contributed by atoms with van der Waals surface area (Å²) in [6.07, 6.45) is 1.82. The highest BCUT2D eigenvalue weighted by molar-refractivity contribution is 6.62. The summed E-state index contributed by atoms with van der Waals surface area (Å²) in [5, 5.41) is 2.87. The minimum absolute atomic E-state index is 0.0581. The van der Waals surface area contributed by atoms with Crippen molar-refractivity contribution in [2.24, 2.45) is 16.8 Å². The first kappa shape index (κ1) is 28.6. The Kier molecular flexibility index (Phi) is 7.76. The van der Waals surface area contributed by atoms with Gasteiger partial charge in [0.25, 0.3) is 0 Å². The number of carbonyl (C=O) groups is 2. The summed E-state index contributed by atoms with van der Waals surface area (Å²) < 4.78 is 18.1. The standard InChI is InChI=1S/C29H44BN3O5/c1-10-14-33(15-11-2)25(34)24-20-17-22(32-26(35)36-27(3,4)5)31-21-16-18(12-13-19(21)23(20)24)30-37-28(6,7)29(8,9)38-30/h12-13,16,20,23-24H,10-11,14-15,17H2,1-9H3,(H,31,32,35). The van der Waals surface area contributed by atoms with E-state index in [9.17, 15) is 9.59 Å². The molecule has 38 heavy (non-hydrogen) atoms. The van der Waals surface area contributed by atoms with Crippen molar-refractivity contribution in [3.05, 3.63) is 23.8 Å². The zero-order valence-corrected chi connectivity index (χ0v) is 24.5. The number of nitrogens with zero attached hydrogens (tertiary/aromatic N) is 2. The van der Waals surface area contributed by atoms with E-state index in [0.717, 1.165) is 42.6 Å². The fourth-order valence-electron chi connectivity index (χ4n) is 5.45. The molecule has 2 heterocycles. The number of ether oxygens (including phenoxy) is 1. The van der Waals surface area contributed by atoms with Gasteiger partial charge >= 0.3 is 13.2 Å². The molecule has 8 nitrogen and oxygen atoms in total. The lowest BCUT2D eigenvalue weighted by atomic mass is 9.78. The number of rotatable bonds is 6. The van der Waals surface area contributed by atoms with Gasteiger partial charge in [0, 0.05) is 31.3 Å². The zero-order chi connectivity index (χ0) is 28.0. The minimum Gasteiger partial charge on any atom is -0.444 e. The largest absolute Gasteiger partial charge is 0.494 e.